The van der Waals surface area contributed by atoms with Gasteiger partial charge < -0.3 is 10.1 Å². The summed E-state index contributed by atoms with van der Waals surface area (Å²) in [6, 6.07) is 0.685. The molecule has 1 aliphatic carbocycles. The largest absolute Gasteiger partial charge is 0.381 e. The van der Waals surface area contributed by atoms with Crippen LogP contribution in [0.4, 0.5) is 0 Å². The molecule has 0 aliphatic heterocycles. The van der Waals surface area contributed by atoms with Crippen LogP contribution in [0.25, 0.3) is 0 Å². The summed E-state index contributed by atoms with van der Waals surface area (Å²) in [6.45, 7) is 9.67. The third kappa shape index (κ3) is 5.71. The van der Waals surface area contributed by atoms with Crippen molar-refractivity contribution in [2.75, 3.05) is 19.8 Å². The summed E-state index contributed by atoms with van der Waals surface area (Å²) in [7, 11) is 0. The molecule has 0 spiro atoms. The standard InChI is InChI=1S/C16H33NO/c1-4-12-18-13-11-16(17-6-3)15-9-7-14(5-2)8-10-15/h14-17H,4-13H2,1-3H3. The van der Waals surface area contributed by atoms with Crippen LogP contribution < -0.4 is 5.32 Å². The second kappa shape index (κ2) is 9.80. The lowest BCUT2D eigenvalue weighted by molar-refractivity contribution is 0.110. The lowest BCUT2D eigenvalue weighted by atomic mass is 9.77. The molecule has 0 amide bonds. The van der Waals surface area contributed by atoms with Gasteiger partial charge in [0.2, 0.25) is 0 Å². The van der Waals surface area contributed by atoms with Crippen molar-refractivity contribution in [3.63, 3.8) is 0 Å². The van der Waals surface area contributed by atoms with E-state index in [0.717, 1.165) is 38.0 Å². The van der Waals surface area contributed by atoms with Crippen LogP contribution in [0.3, 0.4) is 0 Å². The zero-order valence-electron chi connectivity index (χ0n) is 12.7. The first-order chi connectivity index (χ1) is 8.81. The Bertz CT molecular complexity index is 188. The number of hydrogen-bond donors (Lipinski definition) is 1. The Labute approximate surface area is 114 Å². The SMILES string of the molecule is CCCOCCC(NCC)C1CCC(CC)CC1. The van der Waals surface area contributed by atoms with Crippen LogP contribution in [0.15, 0.2) is 0 Å². The lowest BCUT2D eigenvalue weighted by Gasteiger charge is -2.34. The van der Waals surface area contributed by atoms with Crippen molar-refractivity contribution in [2.45, 2.75) is 71.8 Å². The van der Waals surface area contributed by atoms with Crippen LogP contribution in [-0.2, 0) is 4.74 Å². The van der Waals surface area contributed by atoms with Crippen LogP contribution in [0.2, 0.25) is 0 Å². The molecule has 1 saturated carbocycles. The normalized spacial score (nSPS) is 26.2. The molecule has 0 saturated heterocycles. The van der Waals surface area contributed by atoms with E-state index in [2.05, 4.69) is 26.1 Å². The molecule has 1 N–H and O–H groups in total. The minimum absolute atomic E-state index is 0.685. The lowest BCUT2D eigenvalue weighted by Crippen LogP contribution is -2.39. The molecule has 108 valence electrons. The molecule has 0 aromatic rings. The Balaban J connectivity index is 2.27. The molecule has 2 heteroatoms. The number of hydrogen-bond acceptors (Lipinski definition) is 2. The molecule has 1 aliphatic rings. The Morgan fingerprint density at radius 2 is 1.78 bits per heavy atom. The summed E-state index contributed by atoms with van der Waals surface area (Å²) in [5.41, 5.74) is 0. The molecule has 2 nitrogen and oxygen atoms in total. The highest BCUT2D eigenvalue weighted by Crippen LogP contribution is 2.33. The summed E-state index contributed by atoms with van der Waals surface area (Å²) in [4.78, 5) is 0. The van der Waals surface area contributed by atoms with Gasteiger partial charge in [-0.2, -0.15) is 0 Å². The molecule has 18 heavy (non-hydrogen) atoms. The minimum atomic E-state index is 0.685. The van der Waals surface area contributed by atoms with Crippen molar-refractivity contribution in [1.82, 2.24) is 5.32 Å². The van der Waals surface area contributed by atoms with Crippen molar-refractivity contribution < 1.29 is 4.74 Å². The van der Waals surface area contributed by atoms with Gasteiger partial charge in [0.25, 0.3) is 0 Å². The van der Waals surface area contributed by atoms with E-state index >= 15 is 0 Å². The van der Waals surface area contributed by atoms with Crippen molar-refractivity contribution in [3.05, 3.63) is 0 Å². The van der Waals surface area contributed by atoms with E-state index in [1.807, 2.05) is 0 Å². The fourth-order valence-electron chi connectivity index (χ4n) is 3.22. The van der Waals surface area contributed by atoms with Crippen LogP contribution in [0.1, 0.15) is 65.7 Å². The molecule has 1 atom stereocenters. The van der Waals surface area contributed by atoms with E-state index in [1.165, 1.54) is 38.5 Å². The second-order valence-electron chi connectivity index (χ2n) is 5.75. The second-order valence-corrected chi connectivity index (χ2v) is 5.75. The smallest absolute Gasteiger partial charge is 0.0480 e. The summed E-state index contributed by atoms with van der Waals surface area (Å²) < 4.78 is 5.65. The molecule has 0 heterocycles. The predicted octanol–water partition coefficient (Wildman–Crippen LogP) is 4.00. The molecule has 1 rings (SSSR count). The number of ether oxygens (including phenoxy) is 1. The van der Waals surface area contributed by atoms with E-state index in [-0.39, 0.29) is 0 Å². The maximum absolute atomic E-state index is 5.65. The minimum Gasteiger partial charge on any atom is -0.381 e. The highest BCUT2D eigenvalue weighted by Gasteiger charge is 2.26. The molecule has 0 aromatic carbocycles. The van der Waals surface area contributed by atoms with Crippen molar-refractivity contribution in [1.29, 1.82) is 0 Å². The predicted molar refractivity (Wildman–Crippen MR) is 78.9 cm³/mol. The molecular weight excluding hydrogens is 222 g/mol. The van der Waals surface area contributed by atoms with E-state index in [4.69, 9.17) is 4.74 Å². The van der Waals surface area contributed by atoms with Gasteiger partial charge in [0.15, 0.2) is 0 Å². The topological polar surface area (TPSA) is 21.3 Å². The first kappa shape index (κ1) is 16.0. The van der Waals surface area contributed by atoms with Gasteiger partial charge in [-0.3, -0.25) is 0 Å². The quantitative estimate of drug-likeness (QED) is 0.629. The summed E-state index contributed by atoms with van der Waals surface area (Å²) in [5, 5.41) is 3.68. The highest BCUT2D eigenvalue weighted by atomic mass is 16.5. The molecule has 1 unspecified atom stereocenters. The number of nitrogens with one attached hydrogen (secondary N) is 1. The van der Waals surface area contributed by atoms with Gasteiger partial charge in [0, 0.05) is 19.3 Å². The molecule has 0 bridgehead atoms. The van der Waals surface area contributed by atoms with Crippen LogP contribution in [-0.4, -0.2) is 25.8 Å². The number of rotatable bonds is 9. The summed E-state index contributed by atoms with van der Waals surface area (Å²) in [6.07, 6.45) is 9.42. The molecule has 0 radical (unpaired) electrons. The Hall–Kier alpha value is -0.0800. The summed E-state index contributed by atoms with van der Waals surface area (Å²) >= 11 is 0. The average Bonchev–Trinajstić information content (AvgIpc) is 2.42. The van der Waals surface area contributed by atoms with Gasteiger partial charge in [-0.05, 0) is 44.1 Å². The Kier molecular flexibility index (Phi) is 8.70. The highest BCUT2D eigenvalue weighted by molar-refractivity contribution is 4.81. The van der Waals surface area contributed by atoms with E-state index in [0.29, 0.717) is 6.04 Å². The van der Waals surface area contributed by atoms with Gasteiger partial charge in [-0.25, -0.2) is 0 Å². The Morgan fingerprint density at radius 3 is 2.33 bits per heavy atom. The van der Waals surface area contributed by atoms with Crippen LogP contribution in [0, 0.1) is 11.8 Å². The van der Waals surface area contributed by atoms with Crippen molar-refractivity contribution in [3.8, 4) is 0 Å². The molecular formula is C16H33NO. The van der Waals surface area contributed by atoms with Gasteiger partial charge in [0.05, 0.1) is 0 Å². The monoisotopic (exact) mass is 255 g/mol. The van der Waals surface area contributed by atoms with E-state index in [9.17, 15) is 0 Å². The van der Waals surface area contributed by atoms with E-state index in [1.54, 1.807) is 0 Å². The third-order valence-electron chi connectivity index (χ3n) is 4.43. The van der Waals surface area contributed by atoms with Gasteiger partial charge in [-0.15, -0.1) is 0 Å². The third-order valence-corrected chi connectivity index (χ3v) is 4.43. The summed E-state index contributed by atoms with van der Waals surface area (Å²) in [5.74, 6) is 1.89. The zero-order valence-corrected chi connectivity index (χ0v) is 12.7. The molecule has 0 aromatic heterocycles. The van der Waals surface area contributed by atoms with Crippen molar-refractivity contribution >= 4 is 0 Å². The van der Waals surface area contributed by atoms with Gasteiger partial charge in [0.1, 0.15) is 0 Å². The molecule has 1 fully saturated rings. The maximum Gasteiger partial charge on any atom is 0.0480 e. The first-order valence-electron chi connectivity index (χ1n) is 8.12. The van der Waals surface area contributed by atoms with E-state index < -0.39 is 0 Å². The van der Waals surface area contributed by atoms with Gasteiger partial charge in [-0.1, -0.05) is 40.0 Å². The maximum atomic E-state index is 5.65. The Morgan fingerprint density at radius 1 is 1.06 bits per heavy atom. The van der Waals surface area contributed by atoms with Crippen molar-refractivity contribution in [2.24, 2.45) is 11.8 Å². The average molecular weight is 255 g/mol. The first-order valence-corrected chi connectivity index (χ1v) is 8.12. The fourth-order valence-corrected chi connectivity index (χ4v) is 3.22. The van der Waals surface area contributed by atoms with Gasteiger partial charge >= 0.3 is 0 Å². The zero-order chi connectivity index (χ0) is 13.2. The fraction of sp³-hybridized carbons (Fsp3) is 1.00. The van der Waals surface area contributed by atoms with Crippen LogP contribution in [0.5, 0.6) is 0 Å². The van der Waals surface area contributed by atoms with Crippen LogP contribution >= 0.6 is 0 Å².